The van der Waals surface area contributed by atoms with Crippen molar-refractivity contribution in [3.05, 3.63) is 85.2 Å². The summed E-state index contributed by atoms with van der Waals surface area (Å²) in [6.07, 6.45) is 0. The number of fused-ring (bicyclic) bond motifs is 1. The van der Waals surface area contributed by atoms with Crippen LogP contribution < -0.4 is 15.8 Å². The van der Waals surface area contributed by atoms with Gasteiger partial charge in [0.2, 0.25) is 5.91 Å². The van der Waals surface area contributed by atoms with Crippen molar-refractivity contribution in [1.29, 1.82) is 0 Å². The Morgan fingerprint density at radius 1 is 1.03 bits per heavy atom. The van der Waals surface area contributed by atoms with E-state index < -0.39 is 22.5 Å². The van der Waals surface area contributed by atoms with Gasteiger partial charge in [-0.1, -0.05) is 47.1 Å². The first-order valence-corrected chi connectivity index (χ1v) is 13.4. The number of piperazine rings is 1. The number of hydrogen-bond acceptors (Lipinski definition) is 5. The summed E-state index contributed by atoms with van der Waals surface area (Å²) in [5, 5.41) is -0.397. The molecule has 0 saturated carbocycles. The van der Waals surface area contributed by atoms with Crippen molar-refractivity contribution in [3.63, 3.8) is 0 Å². The molecule has 0 aliphatic carbocycles. The van der Waals surface area contributed by atoms with E-state index in [1.807, 2.05) is 23.2 Å². The number of alkyl halides is 3. The second kappa shape index (κ2) is 10.5. The molecule has 5 rings (SSSR count). The lowest BCUT2D eigenvalue weighted by Gasteiger charge is -2.27. The molecule has 0 spiro atoms. The quantitative estimate of drug-likeness (QED) is 0.393. The van der Waals surface area contributed by atoms with Crippen LogP contribution in [0.5, 0.6) is 0 Å². The maximum Gasteiger partial charge on any atom is 0.362 e. The highest BCUT2D eigenvalue weighted by molar-refractivity contribution is 7.99. The summed E-state index contributed by atoms with van der Waals surface area (Å²) in [5.41, 5.74) is 0.198. The van der Waals surface area contributed by atoms with Crippen molar-refractivity contribution in [2.75, 3.05) is 24.5 Å². The predicted octanol–water partition coefficient (Wildman–Crippen LogP) is 5.21. The molecule has 2 aliphatic rings. The lowest BCUT2D eigenvalue weighted by atomic mass is 10.1. The topological polar surface area (TPSA) is 85.5 Å². The van der Waals surface area contributed by atoms with Crippen LogP contribution in [0.15, 0.2) is 57.1 Å². The summed E-state index contributed by atoms with van der Waals surface area (Å²) in [7, 11) is 0. The second-order valence-electron chi connectivity index (χ2n) is 8.74. The Kier molecular flexibility index (Phi) is 7.45. The minimum Gasteiger partial charge on any atom is -0.330 e. The van der Waals surface area contributed by atoms with Gasteiger partial charge < -0.3 is 20.1 Å². The van der Waals surface area contributed by atoms with Crippen LogP contribution in [0.1, 0.15) is 27.2 Å². The number of hydrogen-bond donors (Lipinski definition) is 2. The molecule has 1 saturated heterocycles. The van der Waals surface area contributed by atoms with E-state index in [0.717, 1.165) is 34.6 Å². The van der Waals surface area contributed by atoms with Gasteiger partial charge in [-0.2, -0.15) is 8.78 Å². The van der Waals surface area contributed by atoms with Gasteiger partial charge in [0.25, 0.3) is 11.5 Å². The molecule has 0 atom stereocenters. The van der Waals surface area contributed by atoms with Crippen LogP contribution in [0, 0.1) is 0 Å². The van der Waals surface area contributed by atoms with Crippen molar-refractivity contribution in [2.45, 2.75) is 28.3 Å². The van der Waals surface area contributed by atoms with Crippen molar-refractivity contribution < 1.29 is 18.4 Å². The number of carbonyl (C=O) groups excluding carboxylic acids is 2. The predicted molar refractivity (Wildman–Crippen MR) is 143 cm³/mol. The zero-order chi connectivity index (χ0) is 27.2. The fourth-order valence-electron chi connectivity index (χ4n) is 4.39. The number of amides is 2. The third-order valence-corrected chi connectivity index (χ3v) is 8.49. The molecule has 38 heavy (non-hydrogen) atoms. The molecule has 2 aromatic carbocycles. The first kappa shape index (κ1) is 27.0. The third kappa shape index (κ3) is 5.28. The van der Waals surface area contributed by atoms with Crippen LogP contribution in [0.25, 0.3) is 0 Å². The van der Waals surface area contributed by atoms with E-state index in [-0.39, 0.29) is 46.0 Å². The van der Waals surface area contributed by atoms with E-state index in [1.165, 1.54) is 4.90 Å². The Balaban J connectivity index is 1.49. The average molecular weight is 600 g/mol. The molecule has 3 heterocycles. The van der Waals surface area contributed by atoms with Gasteiger partial charge in [-0.15, -0.1) is 0 Å². The molecule has 3 aromatic rings. The van der Waals surface area contributed by atoms with Crippen LogP contribution in [-0.4, -0.2) is 41.3 Å². The monoisotopic (exact) mass is 598 g/mol. The van der Waals surface area contributed by atoms with E-state index in [0.29, 0.717) is 18.0 Å². The van der Waals surface area contributed by atoms with Gasteiger partial charge in [0.15, 0.2) is 0 Å². The van der Waals surface area contributed by atoms with Gasteiger partial charge in [-0.05, 0) is 53.1 Å². The summed E-state index contributed by atoms with van der Waals surface area (Å²) in [5.74, 6) is -0.706. The summed E-state index contributed by atoms with van der Waals surface area (Å²) in [6, 6.07) is 11.2. The smallest absolute Gasteiger partial charge is 0.330 e. The summed E-state index contributed by atoms with van der Waals surface area (Å²) in [4.78, 5) is 44.4. The zero-order valence-electron chi connectivity index (χ0n) is 19.5. The van der Waals surface area contributed by atoms with Crippen molar-refractivity contribution >= 4 is 64.1 Å². The first-order chi connectivity index (χ1) is 18.0. The maximum atomic E-state index is 14.0. The SMILES string of the molecule is O=C(c1c(Sc2c(Cl)cccc2Cl)cc(C(F)(F)Cl)[nH]c1=O)N1Cc2ccc(N3CCNCC3=O)cc2C1. The Morgan fingerprint density at radius 3 is 2.42 bits per heavy atom. The number of pyridine rings is 1. The highest BCUT2D eigenvalue weighted by atomic mass is 35.5. The summed E-state index contributed by atoms with van der Waals surface area (Å²) >= 11 is 18.5. The van der Waals surface area contributed by atoms with Gasteiger partial charge in [-0.3, -0.25) is 14.4 Å². The van der Waals surface area contributed by atoms with E-state index in [1.54, 1.807) is 23.1 Å². The number of benzene rings is 2. The lowest BCUT2D eigenvalue weighted by Crippen LogP contribution is -2.48. The minimum absolute atomic E-state index is 0.0512. The van der Waals surface area contributed by atoms with Gasteiger partial charge in [0, 0.05) is 41.7 Å². The number of aromatic amines is 1. The molecule has 7 nitrogen and oxygen atoms in total. The Bertz CT molecular complexity index is 1490. The van der Waals surface area contributed by atoms with Gasteiger partial charge >= 0.3 is 5.38 Å². The van der Waals surface area contributed by atoms with E-state index in [9.17, 15) is 23.2 Å². The third-order valence-electron chi connectivity index (χ3n) is 6.25. The number of halogens is 5. The van der Waals surface area contributed by atoms with Gasteiger partial charge in [0.1, 0.15) is 11.3 Å². The van der Waals surface area contributed by atoms with Crippen molar-refractivity contribution in [3.8, 4) is 0 Å². The number of nitrogens with one attached hydrogen (secondary N) is 2. The molecule has 2 amide bonds. The standard InChI is InChI=1S/C25H19Cl3F2N4O3S/c26-16-2-1-3-17(27)22(16)38-18-9-19(25(28,29)30)32-23(36)21(18)24(37)33-11-13-4-5-15(8-14(13)12-33)34-7-6-31-10-20(34)35/h1-5,8-9,31H,6-7,10-12H2,(H,32,36). The molecule has 0 radical (unpaired) electrons. The summed E-state index contributed by atoms with van der Waals surface area (Å²) in [6.45, 7) is 1.82. The molecule has 0 bridgehead atoms. The Morgan fingerprint density at radius 2 is 1.74 bits per heavy atom. The summed E-state index contributed by atoms with van der Waals surface area (Å²) < 4.78 is 27.9. The van der Waals surface area contributed by atoms with Crippen LogP contribution in [0.2, 0.25) is 10.0 Å². The number of rotatable bonds is 5. The zero-order valence-corrected chi connectivity index (χ0v) is 22.6. The van der Waals surface area contributed by atoms with Crippen LogP contribution >= 0.6 is 46.6 Å². The number of anilines is 1. The molecule has 2 N–H and O–H groups in total. The van der Waals surface area contributed by atoms with Crippen LogP contribution in [-0.2, 0) is 23.3 Å². The lowest BCUT2D eigenvalue weighted by molar-refractivity contribution is -0.118. The molecule has 13 heteroatoms. The molecule has 2 aliphatic heterocycles. The Hall–Kier alpha value is -2.63. The average Bonchev–Trinajstić information content (AvgIpc) is 3.29. The van der Waals surface area contributed by atoms with Gasteiger partial charge in [0.05, 0.1) is 16.6 Å². The molecular formula is C25H19Cl3F2N4O3S. The van der Waals surface area contributed by atoms with E-state index in [4.69, 9.17) is 34.8 Å². The Labute approximate surface area is 235 Å². The minimum atomic E-state index is -3.87. The number of nitrogens with zero attached hydrogens (tertiary/aromatic N) is 2. The fourth-order valence-corrected chi connectivity index (χ4v) is 6.13. The molecular weight excluding hydrogens is 581 g/mol. The van der Waals surface area contributed by atoms with Crippen molar-refractivity contribution in [2.24, 2.45) is 0 Å². The van der Waals surface area contributed by atoms with Crippen molar-refractivity contribution in [1.82, 2.24) is 15.2 Å². The van der Waals surface area contributed by atoms with E-state index in [2.05, 4.69) is 5.32 Å². The normalized spacial score (nSPS) is 15.7. The number of aromatic nitrogens is 1. The molecule has 0 unspecified atom stereocenters. The van der Waals surface area contributed by atoms with Gasteiger partial charge in [-0.25, -0.2) is 0 Å². The second-order valence-corrected chi connectivity index (χ2v) is 11.1. The first-order valence-electron chi connectivity index (χ1n) is 11.4. The fraction of sp³-hybridized carbons (Fsp3) is 0.240. The highest BCUT2D eigenvalue weighted by Gasteiger charge is 2.34. The molecule has 198 valence electrons. The van der Waals surface area contributed by atoms with E-state index >= 15 is 0 Å². The van der Waals surface area contributed by atoms with Crippen LogP contribution in [0.4, 0.5) is 14.5 Å². The maximum absolute atomic E-state index is 14.0. The number of carbonyl (C=O) groups is 2. The molecule has 1 fully saturated rings. The van der Waals surface area contributed by atoms with Crippen LogP contribution in [0.3, 0.4) is 0 Å². The largest absolute Gasteiger partial charge is 0.362 e. The molecule has 1 aromatic heterocycles. The number of H-pyrrole nitrogens is 1. The highest BCUT2D eigenvalue weighted by Crippen LogP contribution is 2.42.